The predicted octanol–water partition coefficient (Wildman–Crippen LogP) is 1.77. The molecule has 8 heteroatoms. The first-order valence-electron chi connectivity index (χ1n) is 5.27. The minimum Gasteiger partial charge on any atom is -0.505 e. The van der Waals surface area contributed by atoms with E-state index in [1.54, 1.807) is 6.92 Å². The number of rotatable bonds is 4. The number of aromatic hydroxyl groups is 1. The van der Waals surface area contributed by atoms with Crippen molar-refractivity contribution in [3.63, 3.8) is 0 Å². The molecule has 0 aliphatic rings. The maximum absolute atomic E-state index is 13.1. The fourth-order valence-electron chi connectivity index (χ4n) is 1.47. The van der Waals surface area contributed by atoms with E-state index in [4.69, 9.17) is 9.63 Å². The SMILES string of the molecule is Cc1cc(CS(=O)(=O)Nc2ccc(O)c(F)c2)no1. The van der Waals surface area contributed by atoms with Crippen molar-refractivity contribution in [1.82, 2.24) is 5.16 Å². The second kappa shape index (κ2) is 4.88. The Morgan fingerprint density at radius 3 is 2.74 bits per heavy atom. The first-order chi connectivity index (χ1) is 8.85. The topological polar surface area (TPSA) is 92.4 Å². The van der Waals surface area contributed by atoms with Crippen molar-refractivity contribution in [3.05, 3.63) is 41.5 Å². The van der Waals surface area contributed by atoms with E-state index in [0.29, 0.717) is 5.76 Å². The summed E-state index contributed by atoms with van der Waals surface area (Å²) in [6.07, 6.45) is 0. The highest BCUT2D eigenvalue weighted by atomic mass is 32.2. The first-order valence-corrected chi connectivity index (χ1v) is 6.92. The Labute approximate surface area is 108 Å². The van der Waals surface area contributed by atoms with Gasteiger partial charge in [0.05, 0.1) is 5.69 Å². The molecule has 0 spiro atoms. The smallest absolute Gasteiger partial charge is 0.238 e. The van der Waals surface area contributed by atoms with Crippen molar-refractivity contribution in [2.45, 2.75) is 12.7 Å². The zero-order chi connectivity index (χ0) is 14.0. The summed E-state index contributed by atoms with van der Waals surface area (Å²) in [5.41, 5.74) is 0.278. The van der Waals surface area contributed by atoms with Gasteiger partial charge in [-0.3, -0.25) is 4.72 Å². The van der Waals surface area contributed by atoms with Crippen molar-refractivity contribution in [2.24, 2.45) is 0 Å². The van der Waals surface area contributed by atoms with Crippen molar-refractivity contribution in [1.29, 1.82) is 0 Å². The standard InChI is InChI=1S/C11H11FN2O4S/c1-7-4-9(13-18-7)6-19(16,17)14-8-2-3-11(15)10(12)5-8/h2-5,14-15H,6H2,1H3. The lowest BCUT2D eigenvalue weighted by Gasteiger charge is -2.06. The normalized spacial score (nSPS) is 11.5. The number of hydrogen-bond donors (Lipinski definition) is 2. The lowest BCUT2D eigenvalue weighted by Crippen LogP contribution is -2.15. The minimum atomic E-state index is -3.72. The molecule has 0 radical (unpaired) electrons. The van der Waals surface area contributed by atoms with Crippen LogP contribution in [0.1, 0.15) is 11.5 Å². The van der Waals surface area contributed by atoms with Gasteiger partial charge < -0.3 is 9.63 Å². The van der Waals surface area contributed by atoms with Crippen LogP contribution in [0, 0.1) is 12.7 Å². The Hall–Kier alpha value is -2.09. The van der Waals surface area contributed by atoms with Gasteiger partial charge in [-0.15, -0.1) is 0 Å². The molecular formula is C11H11FN2O4S. The second-order valence-electron chi connectivity index (χ2n) is 3.96. The molecule has 2 N–H and O–H groups in total. The Bertz CT molecular complexity index is 696. The largest absolute Gasteiger partial charge is 0.505 e. The highest BCUT2D eigenvalue weighted by Gasteiger charge is 2.15. The van der Waals surface area contributed by atoms with Crippen molar-refractivity contribution in [2.75, 3.05) is 4.72 Å². The van der Waals surface area contributed by atoms with E-state index in [-0.39, 0.29) is 17.1 Å². The third-order valence-corrected chi connectivity index (χ3v) is 3.46. The molecule has 6 nitrogen and oxygen atoms in total. The molecule has 0 atom stereocenters. The van der Waals surface area contributed by atoms with Crippen LogP contribution in [0.3, 0.4) is 0 Å². The fraction of sp³-hybridized carbons (Fsp3) is 0.182. The lowest BCUT2D eigenvalue weighted by atomic mass is 10.3. The Morgan fingerprint density at radius 1 is 1.42 bits per heavy atom. The molecule has 2 rings (SSSR count). The molecule has 102 valence electrons. The average Bonchev–Trinajstić information content (AvgIpc) is 2.68. The van der Waals surface area contributed by atoms with Crippen LogP contribution >= 0.6 is 0 Å². The summed E-state index contributed by atoms with van der Waals surface area (Å²) in [6, 6.07) is 4.70. The molecule has 0 aliphatic heterocycles. The second-order valence-corrected chi connectivity index (χ2v) is 5.68. The summed E-state index contributed by atoms with van der Waals surface area (Å²) >= 11 is 0. The van der Waals surface area contributed by atoms with Gasteiger partial charge in [-0.25, -0.2) is 12.8 Å². The number of sulfonamides is 1. The average molecular weight is 286 g/mol. The molecule has 1 aromatic heterocycles. The molecule has 19 heavy (non-hydrogen) atoms. The quantitative estimate of drug-likeness (QED) is 0.836. The highest BCUT2D eigenvalue weighted by molar-refractivity contribution is 7.91. The number of benzene rings is 1. The van der Waals surface area contributed by atoms with E-state index in [9.17, 15) is 12.8 Å². The molecule has 0 aliphatic carbocycles. The van der Waals surface area contributed by atoms with Crippen molar-refractivity contribution < 1.29 is 22.4 Å². The molecule has 0 fully saturated rings. The predicted molar refractivity (Wildman–Crippen MR) is 65.6 cm³/mol. The van der Waals surface area contributed by atoms with E-state index < -0.39 is 21.6 Å². The first kappa shape index (κ1) is 13.3. The zero-order valence-corrected chi connectivity index (χ0v) is 10.7. The van der Waals surface area contributed by atoms with Crippen LogP contribution in [0.4, 0.5) is 10.1 Å². The van der Waals surface area contributed by atoms with Gasteiger partial charge in [-0.05, 0) is 19.1 Å². The molecular weight excluding hydrogens is 275 g/mol. The summed E-state index contributed by atoms with van der Waals surface area (Å²) in [6.45, 7) is 1.64. The maximum atomic E-state index is 13.1. The van der Waals surface area contributed by atoms with E-state index in [0.717, 1.165) is 12.1 Å². The van der Waals surface area contributed by atoms with Crippen molar-refractivity contribution in [3.8, 4) is 5.75 Å². The third-order valence-electron chi connectivity index (χ3n) is 2.24. The number of phenolic OH excluding ortho intramolecular Hbond substituents is 1. The maximum Gasteiger partial charge on any atom is 0.238 e. The van der Waals surface area contributed by atoms with Gasteiger partial charge in [0.25, 0.3) is 0 Å². The number of aryl methyl sites for hydroxylation is 1. The Balaban J connectivity index is 2.14. The minimum absolute atomic E-state index is 0.0236. The van der Waals surface area contributed by atoms with Crippen LogP contribution < -0.4 is 4.72 Å². The molecule has 0 amide bonds. The molecule has 0 unspecified atom stereocenters. The van der Waals surface area contributed by atoms with Crippen LogP contribution in [0.2, 0.25) is 0 Å². The van der Waals surface area contributed by atoms with Crippen molar-refractivity contribution >= 4 is 15.7 Å². The van der Waals surface area contributed by atoms with Gasteiger partial charge in [-0.1, -0.05) is 5.16 Å². The Morgan fingerprint density at radius 2 is 2.16 bits per heavy atom. The summed E-state index contributed by atoms with van der Waals surface area (Å²) in [5, 5.41) is 12.6. The van der Waals surface area contributed by atoms with Gasteiger partial charge in [0.15, 0.2) is 11.6 Å². The molecule has 0 saturated heterocycles. The molecule has 0 saturated carbocycles. The molecule has 1 heterocycles. The summed E-state index contributed by atoms with van der Waals surface area (Å²) in [4.78, 5) is 0. The van der Waals surface area contributed by atoms with E-state index in [1.165, 1.54) is 12.1 Å². The van der Waals surface area contributed by atoms with E-state index >= 15 is 0 Å². The third kappa shape index (κ3) is 3.44. The number of halogens is 1. The van der Waals surface area contributed by atoms with Crippen LogP contribution in [-0.4, -0.2) is 18.7 Å². The van der Waals surface area contributed by atoms with Crippen LogP contribution in [0.5, 0.6) is 5.75 Å². The number of phenols is 1. The van der Waals surface area contributed by atoms with E-state index in [1.807, 2.05) is 0 Å². The Kier molecular flexibility index (Phi) is 3.43. The summed E-state index contributed by atoms with van der Waals surface area (Å²) in [5.74, 6) is -1.33. The molecule has 0 bridgehead atoms. The number of anilines is 1. The number of hydrogen-bond acceptors (Lipinski definition) is 5. The van der Waals surface area contributed by atoms with Gasteiger partial charge >= 0.3 is 0 Å². The zero-order valence-electron chi connectivity index (χ0n) is 9.92. The number of aromatic nitrogens is 1. The van der Waals surface area contributed by atoms with E-state index in [2.05, 4.69) is 9.88 Å². The van der Waals surface area contributed by atoms with Crippen LogP contribution in [-0.2, 0) is 15.8 Å². The molecule has 1 aromatic carbocycles. The molecule has 2 aromatic rings. The van der Waals surface area contributed by atoms with Gasteiger partial charge in [0.2, 0.25) is 10.0 Å². The highest BCUT2D eigenvalue weighted by Crippen LogP contribution is 2.20. The van der Waals surface area contributed by atoms with Crippen LogP contribution in [0.15, 0.2) is 28.8 Å². The van der Waals surface area contributed by atoms with Gasteiger partial charge in [0.1, 0.15) is 17.2 Å². The van der Waals surface area contributed by atoms with Crippen LogP contribution in [0.25, 0.3) is 0 Å². The van der Waals surface area contributed by atoms with Gasteiger partial charge in [-0.2, -0.15) is 0 Å². The fourth-order valence-corrected chi connectivity index (χ4v) is 2.55. The number of nitrogens with one attached hydrogen (secondary N) is 1. The monoisotopic (exact) mass is 286 g/mol. The summed E-state index contributed by atoms with van der Waals surface area (Å²) in [7, 11) is -3.72. The lowest BCUT2D eigenvalue weighted by molar-refractivity contribution is 0.392. The number of nitrogens with zero attached hydrogens (tertiary/aromatic N) is 1. The van der Waals surface area contributed by atoms with Gasteiger partial charge in [0, 0.05) is 12.1 Å². The summed E-state index contributed by atoms with van der Waals surface area (Å²) < 4.78 is 43.6.